The Kier molecular flexibility index (Phi) is 11.9. The van der Waals surface area contributed by atoms with Gasteiger partial charge in [0.15, 0.2) is 0 Å². The molecule has 14 heteroatoms. The van der Waals surface area contributed by atoms with Crippen LogP contribution in [0.3, 0.4) is 0 Å². The predicted molar refractivity (Wildman–Crippen MR) is 202 cm³/mol. The first-order chi connectivity index (χ1) is 26.2. The van der Waals surface area contributed by atoms with E-state index >= 15 is 0 Å². The van der Waals surface area contributed by atoms with Gasteiger partial charge >= 0.3 is 6.18 Å². The van der Waals surface area contributed by atoms with Crippen molar-refractivity contribution >= 4 is 23.4 Å². The second kappa shape index (κ2) is 16.5. The van der Waals surface area contributed by atoms with E-state index < -0.39 is 23.6 Å². The molecule has 3 aliphatic rings. The number of alkyl halides is 3. The summed E-state index contributed by atoms with van der Waals surface area (Å²) in [7, 11) is 4.99. The molecule has 0 bridgehead atoms. The number of imide groups is 1. The van der Waals surface area contributed by atoms with Gasteiger partial charge in [0, 0.05) is 94.6 Å². The van der Waals surface area contributed by atoms with Gasteiger partial charge in [-0.2, -0.15) is 13.2 Å². The third kappa shape index (κ3) is 8.84. The first-order valence-corrected chi connectivity index (χ1v) is 18.9. The Morgan fingerprint density at radius 3 is 2.15 bits per heavy atom. The number of pyridine rings is 1. The Balaban J connectivity index is 1.03. The lowest BCUT2D eigenvalue weighted by atomic mass is 9.89. The summed E-state index contributed by atoms with van der Waals surface area (Å²) < 4.78 is 56.1. The third-order valence-corrected chi connectivity index (χ3v) is 11.6. The molecule has 3 amide bonds. The number of carbonyl (C=O) groups excluding carboxylic acids is 3. The van der Waals surface area contributed by atoms with Crippen LogP contribution in [0.25, 0.3) is 11.1 Å². The number of carbonyl (C=O) groups is 3. The van der Waals surface area contributed by atoms with Crippen molar-refractivity contribution in [2.45, 2.75) is 65.1 Å². The number of piperidine rings is 2. The number of halogens is 3. The number of nitrogens with one attached hydrogen (secondary N) is 1. The van der Waals surface area contributed by atoms with Gasteiger partial charge < -0.3 is 23.8 Å². The number of benzene rings is 2. The Hall–Kier alpha value is -4.85. The quantitative estimate of drug-likeness (QED) is 0.279. The minimum atomic E-state index is -4.58. The molecule has 3 fully saturated rings. The molecule has 0 radical (unpaired) electrons. The van der Waals surface area contributed by atoms with Crippen LogP contribution in [0, 0.1) is 25.7 Å². The number of hydrogen-bond acceptors (Lipinski definition) is 8. The van der Waals surface area contributed by atoms with E-state index in [1.54, 1.807) is 36.8 Å². The molecule has 3 saturated heterocycles. The van der Waals surface area contributed by atoms with E-state index in [4.69, 9.17) is 9.47 Å². The number of hydrogen-bond donors (Lipinski definition) is 1. The molecular weight excluding hydrogens is 715 g/mol. The van der Waals surface area contributed by atoms with Gasteiger partial charge in [0.25, 0.3) is 5.56 Å². The largest absolute Gasteiger partial charge is 0.496 e. The lowest BCUT2D eigenvalue weighted by molar-refractivity contribution is -0.137. The summed E-state index contributed by atoms with van der Waals surface area (Å²) in [5.74, 6) is 0.152. The summed E-state index contributed by atoms with van der Waals surface area (Å²) in [5.41, 5.74) is 4.05. The molecule has 0 aliphatic carbocycles. The molecule has 3 aliphatic heterocycles. The Morgan fingerprint density at radius 1 is 0.891 bits per heavy atom. The average Bonchev–Trinajstić information content (AvgIpc) is 3.16. The summed E-state index contributed by atoms with van der Waals surface area (Å²) in [6.07, 6.45) is -0.549. The number of aromatic nitrogens is 1. The van der Waals surface area contributed by atoms with Gasteiger partial charge in [-0.3, -0.25) is 29.4 Å². The molecule has 4 heterocycles. The Morgan fingerprint density at radius 2 is 1.55 bits per heavy atom. The van der Waals surface area contributed by atoms with Crippen LogP contribution in [-0.4, -0.2) is 85.6 Å². The number of anilines is 1. The molecule has 1 unspecified atom stereocenters. The van der Waals surface area contributed by atoms with Gasteiger partial charge in [0.05, 0.1) is 25.3 Å². The zero-order valence-electron chi connectivity index (χ0n) is 32.2. The van der Waals surface area contributed by atoms with E-state index in [9.17, 15) is 32.3 Å². The minimum Gasteiger partial charge on any atom is -0.496 e. The molecule has 3 aromatic rings. The number of piperazine rings is 1. The molecular formula is C41H50F3N5O6. The van der Waals surface area contributed by atoms with Gasteiger partial charge in [-0.15, -0.1) is 0 Å². The van der Waals surface area contributed by atoms with Crippen LogP contribution in [0.2, 0.25) is 0 Å². The molecule has 6 rings (SSSR count). The van der Waals surface area contributed by atoms with Crippen molar-refractivity contribution in [2.24, 2.45) is 18.9 Å². The van der Waals surface area contributed by atoms with Gasteiger partial charge in [-0.1, -0.05) is 6.07 Å². The van der Waals surface area contributed by atoms with Crippen molar-refractivity contribution in [1.29, 1.82) is 0 Å². The Bertz CT molecular complexity index is 1970. The van der Waals surface area contributed by atoms with E-state index in [1.807, 2.05) is 37.1 Å². The van der Waals surface area contributed by atoms with Gasteiger partial charge in [0.1, 0.15) is 11.5 Å². The summed E-state index contributed by atoms with van der Waals surface area (Å²) in [6.45, 7) is 7.60. The standard InChI is InChI=1S/C41H50F3N5O6/c1-25-26(2)40(53)46(3)23-31(25)30-21-35(54-4)32(36(22-30)55-5)24-47-14-16-49(17-15-47)38(51)20-27-10-12-48(13-11-27)34-8-6-28(19-33(34)41(42,43)44)18-29-7-9-37(50)45-39(29)52/h6,8,19,21-23,27,29H,7,9-18,20,24H2,1-5H3,(H,45,50,52). The fourth-order valence-electron chi connectivity index (χ4n) is 8.13. The van der Waals surface area contributed by atoms with Crippen LogP contribution in [0.15, 0.2) is 41.3 Å². The highest BCUT2D eigenvalue weighted by molar-refractivity contribution is 5.98. The summed E-state index contributed by atoms with van der Waals surface area (Å²) >= 11 is 0. The number of rotatable bonds is 10. The molecule has 1 N–H and O–H groups in total. The summed E-state index contributed by atoms with van der Waals surface area (Å²) in [6, 6.07) is 8.20. The van der Waals surface area contributed by atoms with Crippen molar-refractivity contribution in [3.05, 3.63) is 74.7 Å². The zero-order valence-corrected chi connectivity index (χ0v) is 32.2. The average molecular weight is 766 g/mol. The minimum absolute atomic E-state index is 0.0353. The predicted octanol–water partition coefficient (Wildman–Crippen LogP) is 5.25. The van der Waals surface area contributed by atoms with Crippen LogP contribution >= 0.6 is 0 Å². The number of aryl methyl sites for hydroxylation is 1. The van der Waals surface area contributed by atoms with E-state index in [0.717, 1.165) is 28.3 Å². The molecule has 55 heavy (non-hydrogen) atoms. The normalized spacial score (nSPS) is 18.7. The number of methoxy groups -OCH3 is 2. The van der Waals surface area contributed by atoms with Crippen molar-refractivity contribution in [3.8, 4) is 22.6 Å². The summed E-state index contributed by atoms with van der Waals surface area (Å²) in [5, 5.41) is 2.27. The van der Waals surface area contributed by atoms with Gasteiger partial charge in [0.2, 0.25) is 17.7 Å². The highest BCUT2D eigenvalue weighted by atomic mass is 19.4. The highest BCUT2D eigenvalue weighted by Gasteiger charge is 2.37. The molecule has 1 aromatic heterocycles. The highest BCUT2D eigenvalue weighted by Crippen LogP contribution is 2.40. The van der Waals surface area contributed by atoms with E-state index in [2.05, 4.69) is 10.2 Å². The molecule has 296 valence electrons. The molecule has 2 aromatic carbocycles. The fourth-order valence-corrected chi connectivity index (χ4v) is 8.13. The van der Waals surface area contributed by atoms with Crippen molar-refractivity contribution < 1.29 is 37.0 Å². The van der Waals surface area contributed by atoms with E-state index in [1.165, 1.54) is 6.07 Å². The molecule has 11 nitrogen and oxygen atoms in total. The van der Waals surface area contributed by atoms with Crippen molar-refractivity contribution in [3.63, 3.8) is 0 Å². The van der Waals surface area contributed by atoms with E-state index in [-0.39, 0.29) is 41.8 Å². The zero-order chi connectivity index (χ0) is 39.6. The smallest absolute Gasteiger partial charge is 0.418 e. The number of nitrogens with zero attached hydrogens (tertiary/aromatic N) is 4. The van der Waals surface area contributed by atoms with Crippen molar-refractivity contribution in [2.75, 3.05) is 58.4 Å². The summed E-state index contributed by atoms with van der Waals surface area (Å²) in [4.78, 5) is 55.5. The van der Waals surface area contributed by atoms with Crippen LogP contribution in [0.4, 0.5) is 18.9 Å². The molecule has 1 atom stereocenters. The van der Waals surface area contributed by atoms with Crippen LogP contribution < -0.4 is 25.2 Å². The first-order valence-electron chi connectivity index (χ1n) is 18.9. The second-order valence-electron chi connectivity index (χ2n) is 15.1. The van der Waals surface area contributed by atoms with Gasteiger partial charge in [-0.05, 0) is 86.4 Å². The van der Waals surface area contributed by atoms with Gasteiger partial charge in [-0.25, -0.2) is 0 Å². The van der Waals surface area contributed by atoms with Crippen molar-refractivity contribution in [1.82, 2.24) is 19.7 Å². The lowest BCUT2D eigenvalue weighted by Gasteiger charge is -2.38. The maximum Gasteiger partial charge on any atom is 0.418 e. The maximum absolute atomic E-state index is 14.3. The van der Waals surface area contributed by atoms with Crippen LogP contribution in [-0.2, 0) is 40.6 Å². The number of amides is 3. The Labute approximate surface area is 319 Å². The van der Waals surface area contributed by atoms with Crippen LogP contribution in [0.5, 0.6) is 11.5 Å². The maximum atomic E-state index is 14.3. The fraction of sp³-hybridized carbons (Fsp3) is 0.512. The third-order valence-electron chi connectivity index (χ3n) is 11.6. The lowest BCUT2D eigenvalue weighted by Crippen LogP contribution is -2.49. The molecule has 0 saturated carbocycles. The SMILES string of the molecule is COc1cc(-c2cn(C)c(=O)c(C)c2C)cc(OC)c1CN1CCN(C(=O)CC2CCN(c3ccc(CC4CCC(=O)NC4=O)cc3C(F)(F)F)CC2)CC1. The van der Waals surface area contributed by atoms with Crippen LogP contribution in [0.1, 0.15) is 59.9 Å². The number of ether oxygens (including phenoxy) is 2. The molecule has 0 spiro atoms. The van der Waals surface area contributed by atoms with E-state index in [0.29, 0.717) is 94.1 Å². The topological polar surface area (TPSA) is 113 Å². The second-order valence-corrected chi connectivity index (χ2v) is 15.1. The first kappa shape index (κ1) is 39.8. The monoisotopic (exact) mass is 765 g/mol.